The zero-order chi connectivity index (χ0) is 13.0. The summed E-state index contributed by atoms with van der Waals surface area (Å²) in [5.74, 6) is 0. The maximum Gasteiger partial charge on any atom is 0.0363 e. The third-order valence-electron chi connectivity index (χ3n) is 3.80. The predicted molar refractivity (Wildman–Crippen MR) is 77.4 cm³/mol. The van der Waals surface area contributed by atoms with Gasteiger partial charge >= 0.3 is 0 Å². The molecule has 100 valence electrons. The van der Waals surface area contributed by atoms with Gasteiger partial charge in [0.05, 0.1) is 0 Å². The van der Waals surface area contributed by atoms with E-state index in [1.165, 1.54) is 24.1 Å². The lowest BCUT2D eigenvalue weighted by molar-refractivity contribution is 0.211. The Morgan fingerprint density at radius 2 is 2.06 bits per heavy atom. The van der Waals surface area contributed by atoms with Crippen LogP contribution < -0.4 is 5.73 Å². The van der Waals surface area contributed by atoms with Crippen molar-refractivity contribution in [1.82, 2.24) is 9.80 Å². The minimum Gasteiger partial charge on any atom is -0.398 e. The van der Waals surface area contributed by atoms with E-state index in [-0.39, 0.29) is 0 Å². The van der Waals surface area contributed by atoms with Crippen LogP contribution in [0.1, 0.15) is 31.4 Å². The van der Waals surface area contributed by atoms with E-state index in [0.717, 1.165) is 38.4 Å². The minimum absolute atomic E-state index is 0.955. The predicted octanol–water partition coefficient (Wildman–Crippen LogP) is 2.32. The van der Waals surface area contributed by atoms with Crippen molar-refractivity contribution in [3.63, 3.8) is 0 Å². The number of fused-ring (bicyclic) bond motifs is 1. The van der Waals surface area contributed by atoms with Crippen molar-refractivity contribution in [3.05, 3.63) is 29.3 Å². The normalized spacial score (nSPS) is 15.3. The number of anilines is 1. The summed E-state index contributed by atoms with van der Waals surface area (Å²) in [5.41, 5.74) is 9.74. The number of nitrogens with zero attached hydrogens (tertiary/aromatic N) is 2. The van der Waals surface area contributed by atoms with Crippen LogP contribution in [0, 0.1) is 0 Å². The van der Waals surface area contributed by atoms with Crippen LogP contribution in [0.3, 0.4) is 0 Å². The van der Waals surface area contributed by atoms with E-state index in [9.17, 15) is 0 Å². The number of hydrogen-bond donors (Lipinski definition) is 1. The van der Waals surface area contributed by atoms with Crippen LogP contribution in [-0.2, 0) is 13.1 Å². The van der Waals surface area contributed by atoms with Crippen molar-refractivity contribution in [2.45, 2.75) is 33.4 Å². The van der Waals surface area contributed by atoms with Gasteiger partial charge < -0.3 is 10.6 Å². The first kappa shape index (κ1) is 13.4. The molecule has 0 radical (unpaired) electrons. The Kier molecular flexibility index (Phi) is 4.61. The van der Waals surface area contributed by atoms with E-state index in [1.54, 1.807) is 0 Å². The Labute approximate surface area is 111 Å². The van der Waals surface area contributed by atoms with E-state index in [2.05, 4.69) is 35.8 Å². The van der Waals surface area contributed by atoms with Crippen molar-refractivity contribution in [2.75, 3.05) is 31.9 Å². The Morgan fingerprint density at radius 3 is 2.72 bits per heavy atom. The summed E-state index contributed by atoms with van der Waals surface area (Å²) in [6, 6.07) is 6.28. The fourth-order valence-electron chi connectivity index (χ4n) is 2.70. The van der Waals surface area contributed by atoms with Gasteiger partial charge in [-0.1, -0.05) is 26.0 Å². The summed E-state index contributed by atoms with van der Waals surface area (Å²) < 4.78 is 0. The topological polar surface area (TPSA) is 32.5 Å². The fourth-order valence-corrected chi connectivity index (χ4v) is 2.70. The van der Waals surface area contributed by atoms with E-state index in [0.29, 0.717) is 0 Å². The third-order valence-corrected chi connectivity index (χ3v) is 3.80. The summed E-state index contributed by atoms with van der Waals surface area (Å²) >= 11 is 0. The monoisotopic (exact) mass is 247 g/mol. The second kappa shape index (κ2) is 6.21. The van der Waals surface area contributed by atoms with Crippen LogP contribution in [0.4, 0.5) is 5.69 Å². The molecule has 1 aromatic carbocycles. The molecule has 0 fully saturated rings. The van der Waals surface area contributed by atoms with Crippen LogP contribution in [0.15, 0.2) is 18.2 Å². The summed E-state index contributed by atoms with van der Waals surface area (Å²) in [6.45, 7) is 11.2. The van der Waals surface area contributed by atoms with Gasteiger partial charge in [-0.05, 0) is 36.7 Å². The number of hydrogen-bond acceptors (Lipinski definition) is 3. The lowest BCUT2D eigenvalue weighted by atomic mass is 10.1. The molecule has 1 aliphatic heterocycles. The zero-order valence-electron chi connectivity index (χ0n) is 11.7. The molecule has 0 spiro atoms. The molecule has 0 atom stereocenters. The van der Waals surface area contributed by atoms with Gasteiger partial charge in [-0.15, -0.1) is 0 Å². The molecule has 0 amide bonds. The molecule has 1 heterocycles. The van der Waals surface area contributed by atoms with Gasteiger partial charge in [0.25, 0.3) is 0 Å². The molecule has 0 aliphatic carbocycles. The van der Waals surface area contributed by atoms with Crippen molar-refractivity contribution in [3.8, 4) is 0 Å². The number of benzene rings is 1. The first-order chi connectivity index (χ1) is 8.74. The lowest BCUT2D eigenvalue weighted by Gasteiger charge is -2.23. The quantitative estimate of drug-likeness (QED) is 0.783. The number of nitrogens with two attached hydrogens (primary N) is 1. The molecule has 3 heteroatoms. The maximum absolute atomic E-state index is 6.03. The van der Waals surface area contributed by atoms with Crippen molar-refractivity contribution < 1.29 is 0 Å². The molecule has 1 aromatic rings. The first-order valence-corrected chi connectivity index (χ1v) is 7.05. The molecule has 0 aromatic heterocycles. The highest BCUT2D eigenvalue weighted by atomic mass is 15.2. The highest BCUT2D eigenvalue weighted by molar-refractivity contribution is 5.52. The van der Waals surface area contributed by atoms with Crippen LogP contribution in [0.25, 0.3) is 0 Å². The highest BCUT2D eigenvalue weighted by Gasteiger charge is 2.20. The molecule has 18 heavy (non-hydrogen) atoms. The molecule has 2 rings (SSSR count). The van der Waals surface area contributed by atoms with Gasteiger partial charge in [0.15, 0.2) is 0 Å². The zero-order valence-corrected chi connectivity index (χ0v) is 11.7. The van der Waals surface area contributed by atoms with Crippen LogP contribution in [-0.4, -0.2) is 36.0 Å². The Bertz CT molecular complexity index is 389. The van der Waals surface area contributed by atoms with Crippen LogP contribution >= 0.6 is 0 Å². The van der Waals surface area contributed by atoms with Crippen molar-refractivity contribution >= 4 is 5.69 Å². The van der Waals surface area contributed by atoms with Gasteiger partial charge in [-0.25, -0.2) is 0 Å². The Balaban J connectivity index is 1.86. The van der Waals surface area contributed by atoms with E-state index in [4.69, 9.17) is 5.73 Å². The Morgan fingerprint density at radius 1 is 1.22 bits per heavy atom. The van der Waals surface area contributed by atoms with E-state index < -0.39 is 0 Å². The smallest absolute Gasteiger partial charge is 0.0363 e. The fraction of sp³-hybridized carbons (Fsp3) is 0.600. The largest absolute Gasteiger partial charge is 0.398 e. The summed E-state index contributed by atoms with van der Waals surface area (Å²) in [6.07, 6.45) is 1.24. The molecule has 2 N–H and O–H groups in total. The second-order valence-corrected chi connectivity index (χ2v) is 5.13. The van der Waals surface area contributed by atoms with Gasteiger partial charge in [0.2, 0.25) is 0 Å². The summed E-state index contributed by atoms with van der Waals surface area (Å²) in [5, 5.41) is 0. The van der Waals surface area contributed by atoms with Crippen molar-refractivity contribution in [1.29, 1.82) is 0 Å². The molecule has 3 nitrogen and oxygen atoms in total. The standard InChI is InChI=1S/C15H25N3/c1-3-8-17(4-2)9-10-18-11-13-6-5-7-15(16)14(13)12-18/h5-7H,3-4,8-12,16H2,1-2H3. The average Bonchev–Trinajstić information content (AvgIpc) is 2.79. The molecular formula is C15H25N3. The van der Waals surface area contributed by atoms with E-state index in [1.807, 2.05) is 6.07 Å². The first-order valence-electron chi connectivity index (χ1n) is 7.05. The molecule has 0 saturated carbocycles. The number of nitrogen functional groups attached to an aromatic ring is 1. The van der Waals surface area contributed by atoms with Crippen LogP contribution in [0.2, 0.25) is 0 Å². The Hall–Kier alpha value is -1.06. The molecular weight excluding hydrogens is 222 g/mol. The SMILES string of the molecule is CCCN(CC)CCN1Cc2cccc(N)c2C1. The molecule has 0 bridgehead atoms. The van der Waals surface area contributed by atoms with E-state index >= 15 is 0 Å². The van der Waals surface area contributed by atoms with Crippen LogP contribution in [0.5, 0.6) is 0 Å². The second-order valence-electron chi connectivity index (χ2n) is 5.13. The van der Waals surface area contributed by atoms with Gasteiger partial charge in [0, 0.05) is 31.9 Å². The average molecular weight is 247 g/mol. The minimum atomic E-state index is 0.955. The summed E-state index contributed by atoms with van der Waals surface area (Å²) in [4.78, 5) is 5.02. The molecule has 0 saturated heterocycles. The molecule has 1 aliphatic rings. The third kappa shape index (κ3) is 3.03. The van der Waals surface area contributed by atoms with Gasteiger partial charge in [0.1, 0.15) is 0 Å². The summed E-state index contributed by atoms with van der Waals surface area (Å²) in [7, 11) is 0. The van der Waals surface area contributed by atoms with Gasteiger partial charge in [-0.3, -0.25) is 4.90 Å². The maximum atomic E-state index is 6.03. The molecule has 0 unspecified atom stereocenters. The van der Waals surface area contributed by atoms with Gasteiger partial charge in [-0.2, -0.15) is 0 Å². The number of likely N-dealkylation sites (N-methyl/N-ethyl adjacent to an activating group) is 1. The lowest BCUT2D eigenvalue weighted by Crippen LogP contribution is -2.33. The van der Waals surface area contributed by atoms with Crippen molar-refractivity contribution in [2.24, 2.45) is 0 Å². The number of rotatable bonds is 6. The highest BCUT2D eigenvalue weighted by Crippen LogP contribution is 2.26.